The number of hydrogen-bond donors (Lipinski definition) is 0. The summed E-state index contributed by atoms with van der Waals surface area (Å²) in [6, 6.07) is 16.5. The molecule has 0 saturated heterocycles. The lowest BCUT2D eigenvalue weighted by atomic mass is 9.80. The lowest BCUT2D eigenvalue weighted by molar-refractivity contribution is 0.600. The molecule has 0 aliphatic rings. The van der Waals surface area contributed by atoms with E-state index in [9.17, 15) is 0 Å². The van der Waals surface area contributed by atoms with E-state index in [0.29, 0.717) is 0 Å². The molecule has 0 bridgehead atoms. The van der Waals surface area contributed by atoms with E-state index in [4.69, 9.17) is 9.97 Å². The third-order valence-corrected chi connectivity index (χ3v) is 14.7. The summed E-state index contributed by atoms with van der Waals surface area (Å²) in [4.78, 5) is 42.5. The topological polar surface area (TPSA) is 68.7 Å². The van der Waals surface area contributed by atoms with Crippen LogP contribution in [0.4, 0.5) is 0 Å². The second-order valence-electron chi connectivity index (χ2n) is 19.4. The number of unbranched alkanes of at least 4 members (excludes halogenated alkanes) is 20. The summed E-state index contributed by atoms with van der Waals surface area (Å²) in [5, 5.41) is 5.90. The van der Waals surface area contributed by atoms with Crippen molar-refractivity contribution < 1.29 is 0 Å². The van der Waals surface area contributed by atoms with Crippen LogP contribution < -0.4 is 11.1 Å². The molecule has 4 aromatic heterocycles. The number of pyridine rings is 2. The zero-order chi connectivity index (χ0) is 44.4. The van der Waals surface area contributed by atoms with Gasteiger partial charge in [0.1, 0.15) is 11.3 Å². The third-order valence-electron chi connectivity index (χ3n) is 14.7. The Hall–Kier alpha value is -4.58. The van der Waals surface area contributed by atoms with Crippen LogP contribution in [-0.2, 0) is 25.7 Å². The van der Waals surface area contributed by atoms with Gasteiger partial charge >= 0.3 is 0 Å². The van der Waals surface area contributed by atoms with Crippen molar-refractivity contribution in [1.29, 1.82) is 0 Å². The van der Waals surface area contributed by atoms with Gasteiger partial charge in [-0.05, 0) is 97.9 Å². The third kappa shape index (κ3) is 9.14. The molecular formula is C58H76N4O2. The highest BCUT2D eigenvalue weighted by Gasteiger charge is 2.31. The van der Waals surface area contributed by atoms with Gasteiger partial charge in [0.15, 0.2) is 0 Å². The minimum absolute atomic E-state index is 0.0274. The number of imidazole rings is 2. The highest BCUT2D eigenvalue weighted by Crippen LogP contribution is 2.46. The highest BCUT2D eigenvalue weighted by molar-refractivity contribution is 6.31. The molecule has 6 heteroatoms. The predicted molar refractivity (Wildman–Crippen MR) is 275 cm³/mol. The summed E-state index contributed by atoms with van der Waals surface area (Å²) in [6.45, 7) is 9.13. The first-order valence-corrected chi connectivity index (χ1v) is 26.3. The molecule has 64 heavy (non-hydrogen) atoms. The van der Waals surface area contributed by atoms with Gasteiger partial charge in [-0.2, -0.15) is 0 Å². The normalized spacial score (nSPS) is 12.4. The maximum Gasteiger partial charge on any atom is 0.265 e. The van der Waals surface area contributed by atoms with Crippen molar-refractivity contribution in [3.05, 3.63) is 91.5 Å². The summed E-state index contributed by atoms with van der Waals surface area (Å²) in [6.07, 6.45) is 32.1. The van der Waals surface area contributed by atoms with Gasteiger partial charge in [0.05, 0.1) is 32.8 Å². The average Bonchev–Trinajstić information content (AvgIpc) is 3.90. The molecule has 0 amide bonds. The summed E-state index contributed by atoms with van der Waals surface area (Å²) in [7, 11) is 0. The number of benzene rings is 4. The molecule has 0 N–H and O–H groups in total. The van der Waals surface area contributed by atoms with Crippen LogP contribution in [0.15, 0.2) is 58.1 Å². The molecule has 0 spiro atoms. The Bertz CT molecular complexity index is 2710. The minimum atomic E-state index is 0.0274. The van der Waals surface area contributed by atoms with Crippen molar-refractivity contribution in [2.75, 3.05) is 0 Å². The number of aromatic nitrogens is 4. The lowest BCUT2D eigenvalue weighted by Crippen LogP contribution is -2.22. The van der Waals surface area contributed by atoms with Gasteiger partial charge in [-0.15, -0.1) is 0 Å². The molecule has 4 aromatic carbocycles. The van der Waals surface area contributed by atoms with Crippen LogP contribution in [0.3, 0.4) is 0 Å². The fourth-order valence-corrected chi connectivity index (χ4v) is 11.4. The molecule has 340 valence electrons. The van der Waals surface area contributed by atoms with E-state index in [0.717, 1.165) is 141 Å². The first-order chi connectivity index (χ1) is 31.5. The van der Waals surface area contributed by atoms with Crippen LogP contribution in [0.5, 0.6) is 0 Å². The minimum Gasteiger partial charge on any atom is -0.268 e. The molecule has 6 nitrogen and oxygen atoms in total. The van der Waals surface area contributed by atoms with Crippen molar-refractivity contribution >= 4 is 65.7 Å². The van der Waals surface area contributed by atoms with E-state index >= 15 is 9.59 Å². The maximum absolute atomic E-state index is 15.8. The van der Waals surface area contributed by atoms with Gasteiger partial charge in [-0.25, -0.2) is 9.97 Å². The van der Waals surface area contributed by atoms with Crippen LogP contribution in [0.25, 0.3) is 65.7 Å². The van der Waals surface area contributed by atoms with E-state index in [1.54, 1.807) is 0 Å². The van der Waals surface area contributed by atoms with E-state index in [1.165, 1.54) is 127 Å². The molecule has 0 radical (unpaired) electrons. The number of rotatable bonds is 28. The van der Waals surface area contributed by atoms with E-state index < -0.39 is 0 Å². The molecular weight excluding hydrogens is 785 g/mol. The second kappa shape index (κ2) is 22.1. The van der Waals surface area contributed by atoms with Gasteiger partial charge in [0, 0.05) is 21.5 Å². The first kappa shape index (κ1) is 46.0. The van der Waals surface area contributed by atoms with Gasteiger partial charge in [0.2, 0.25) is 0 Å². The Morgan fingerprint density at radius 1 is 0.344 bits per heavy atom. The molecule has 4 heterocycles. The maximum atomic E-state index is 15.8. The summed E-state index contributed by atoms with van der Waals surface area (Å²) in [5.41, 5.74) is 9.99. The summed E-state index contributed by atoms with van der Waals surface area (Å²) < 4.78 is 3.96. The Balaban J connectivity index is 1.50. The van der Waals surface area contributed by atoms with E-state index in [-0.39, 0.29) is 11.1 Å². The quantitative estimate of drug-likeness (QED) is 0.0363. The molecule has 0 atom stereocenters. The van der Waals surface area contributed by atoms with Crippen LogP contribution in [0.2, 0.25) is 0 Å². The molecule has 8 aromatic rings. The van der Waals surface area contributed by atoms with Crippen LogP contribution in [-0.4, -0.2) is 18.8 Å². The standard InChI is InChI=1S/C58H76N4O2/c1-5-9-13-17-21-25-33-41-42(34-26-22-18-14-10-6-2)50-54-52(58(64)62-48-40-32-30-38-46(48)60-56(50)62)44(36-28-24-20-16-12-8-4)43(35-27-23-19-15-11-7-3)51-53(54)49(41)55-59-45-37-29-31-39-47(45)61(55)57(51)63/h29-32,37-40H,5-28,33-36H2,1-4H3. The summed E-state index contributed by atoms with van der Waals surface area (Å²) in [5.74, 6) is 0. The fourth-order valence-electron chi connectivity index (χ4n) is 11.4. The van der Waals surface area contributed by atoms with Gasteiger partial charge in [-0.1, -0.05) is 180 Å². The Morgan fingerprint density at radius 2 is 0.625 bits per heavy atom. The average molecular weight is 861 g/mol. The van der Waals surface area contributed by atoms with Crippen LogP contribution in [0.1, 0.15) is 204 Å². The molecule has 0 unspecified atom stereocenters. The molecule has 0 aliphatic carbocycles. The zero-order valence-electron chi connectivity index (χ0n) is 40.0. The van der Waals surface area contributed by atoms with Crippen LogP contribution >= 0.6 is 0 Å². The second-order valence-corrected chi connectivity index (χ2v) is 19.4. The number of nitrogens with zero attached hydrogens (tertiary/aromatic N) is 4. The fraction of sp³-hybridized carbons (Fsp3) is 0.552. The Labute approximate surface area is 381 Å². The Morgan fingerprint density at radius 3 is 0.953 bits per heavy atom. The van der Waals surface area contributed by atoms with Crippen molar-refractivity contribution in [2.24, 2.45) is 0 Å². The number of hydrogen-bond acceptors (Lipinski definition) is 4. The SMILES string of the molecule is CCCCCCCCc1c(CCCCCCCC)c2c(=O)n3c4ccccc4nc3c3c(CCCCCCCC)c(CCCCCCCC)c4c(c1c(=O)n1c5ccccc5nc41)c23. The van der Waals surface area contributed by atoms with Crippen molar-refractivity contribution in [3.8, 4) is 0 Å². The molecule has 0 saturated carbocycles. The smallest absolute Gasteiger partial charge is 0.265 e. The van der Waals surface area contributed by atoms with Crippen molar-refractivity contribution in [2.45, 2.75) is 207 Å². The number of fused-ring (bicyclic) bond motifs is 8. The first-order valence-electron chi connectivity index (χ1n) is 26.3. The molecule has 8 rings (SSSR count). The van der Waals surface area contributed by atoms with E-state index in [1.807, 2.05) is 33.1 Å². The van der Waals surface area contributed by atoms with Gasteiger partial charge < -0.3 is 0 Å². The van der Waals surface area contributed by atoms with Gasteiger partial charge in [-0.3, -0.25) is 18.4 Å². The van der Waals surface area contributed by atoms with E-state index in [2.05, 4.69) is 52.0 Å². The zero-order valence-corrected chi connectivity index (χ0v) is 40.0. The molecule has 0 fully saturated rings. The number of aryl methyl sites for hydroxylation is 4. The van der Waals surface area contributed by atoms with Crippen LogP contribution in [0, 0.1) is 0 Å². The molecule has 0 aliphatic heterocycles. The Kier molecular flexibility index (Phi) is 15.9. The summed E-state index contributed by atoms with van der Waals surface area (Å²) >= 11 is 0. The predicted octanol–water partition coefficient (Wildman–Crippen LogP) is 16.0. The lowest BCUT2D eigenvalue weighted by Gasteiger charge is -2.25. The highest BCUT2D eigenvalue weighted by atomic mass is 16.1. The van der Waals surface area contributed by atoms with Crippen molar-refractivity contribution in [3.63, 3.8) is 0 Å². The van der Waals surface area contributed by atoms with Gasteiger partial charge in [0.25, 0.3) is 11.1 Å². The number of para-hydroxylation sites is 4. The largest absolute Gasteiger partial charge is 0.268 e. The monoisotopic (exact) mass is 861 g/mol. The van der Waals surface area contributed by atoms with Crippen molar-refractivity contribution in [1.82, 2.24) is 18.8 Å².